The van der Waals surface area contributed by atoms with Gasteiger partial charge in [-0.3, -0.25) is 9.58 Å². The van der Waals surface area contributed by atoms with Gasteiger partial charge in [0.05, 0.1) is 5.69 Å². The summed E-state index contributed by atoms with van der Waals surface area (Å²) in [5.41, 5.74) is 0.00482. The third kappa shape index (κ3) is 2.70. The lowest BCUT2D eigenvalue weighted by molar-refractivity contribution is -0.141. The second-order valence-electron chi connectivity index (χ2n) is 6.26. The number of alkyl halides is 3. The Labute approximate surface area is 136 Å². The van der Waals surface area contributed by atoms with Crippen LogP contribution in [0.3, 0.4) is 0 Å². The molecule has 0 aromatic carbocycles. The summed E-state index contributed by atoms with van der Waals surface area (Å²) in [4.78, 5) is 11.6. The summed E-state index contributed by atoms with van der Waals surface area (Å²) >= 11 is 0. The van der Waals surface area contributed by atoms with E-state index < -0.39 is 11.9 Å². The van der Waals surface area contributed by atoms with E-state index in [1.807, 2.05) is 18.1 Å². The van der Waals surface area contributed by atoms with Gasteiger partial charge < -0.3 is 4.90 Å². The first-order valence-electron chi connectivity index (χ1n) is 7.65. The van der Waals surface area contributed by atoms with Gasteiger partial charge >= 0.3 is 6.18 Å². The lowest BCUT2D eigenvalue weighted by Crippen LogP contribution is -2.68. The highest BCUT2D eigenvalue weighted by Crippen LogP contribution is 2.36. The fraction of sp³-hybridized carbons (Fsp3) is 0.571. The molecular formula is C14H16F3N7. The number of rotatable bonds is 3. The first-order valence-corrected chi connectivity index (χ1v) is 7.65. The van der Waals surface area contributed by atoms with Crippen LogP contribution < -0.4 is 4.90 Å². The highest BCUT2D eigenvalue weighted by atomic mass is 19.4. The Bertz CT molecular complexity index is 732. The Kier molecular flexibility index (Phi) is 3.44. The third-order valence-electron chi connectivity index (χ3n) is 4.61. The van der Waals surface area contributed by atoms with E-state index in [-0.39, 0.29) is 0 Å². The number of fused-ring (bicyclic) bond motifs is 2. The third-order valence-corrected chi connectivity index (χ3v) is 4.61. The van der Waals surface area contributed by atoms with E-state index in [1.165, 1.54) is 0 Å². The molecule has 24 heavy (non-hydrogen) atoms. The topological polar surface area (TPSA) is 63.0 Å². The Morgan fingerprint density at radius 1 is 1.21 bits per heavy atom. The standard InChI is InChI=1S/C14H16F3N7/c1-22-4-9(20-21-22)5-24-10-2-11(24)7-23(6-10)13-3-12(14(15,16)17)18-8-19-13/h3-4,8,10-11H,2,5-7H2,1H3. The summed E-state index contributed by atoms with van der Waals surface area (Å²) in [7, 11) is 1.82. The normalized spacial score (nSPS) is 24.1. The molecule has 2 unspecified atom stereocenters. The number of halogens is 3. The molecule has 0 amide bonds. The highest BCUT2D eigenvalue weighted by Gasteiger charge is 2.45. The van der Waals surface area contributed by atoms with Gasteiger partial charge in [-0.15, -0.1) is 5.10 Å². The summed E-state index contributed by atoms with van der Waals surface area (Å²) in [6.45, 7) is 2.03. The van der Waals surface area contributed by atoms with Crippen molar-refractivity contribution in [2.75, 3.05) is 18.0 Å². The number of piperidine rings is 1. The molecule has 0 saturated carbocycles. The number of aromatic nitrogens is 5. The Morgan fingerprint density at radius 2 is 1.96 bits per heavy atom. The number of piperazine rings is 1. The minimum Gasteiger partial charge on any atom is -0.353 e. The van der Waals surface area contributed by atoms with Crippen molar-refractivity contribution in [3.05, 3.63) is 30.0 Å². The van der Waals surface area contributed by atoms with Gasteiger partial charge in [-0.05, 0) is 6.42 Å². The first-order chi connectivity index (χ1) is 11.4. The maximum absolute atomic E-state index is 12.8. The maximum atomic E-state index is 12.8. The summed E-state index contributed by atoms with van der Waals surface area (Å²) in [5, 5.41) is 8.02. The van der Waals surface area contributed by atoms with Crippen molar-refractivity contribution in [3.8, 4) is 0 Å². The Morgan fingerprint density at radius 3 is 2.58 bits per heavy atom. The molecule has 5 heterocycles. The van der Waals surface area contributed by atoms with E-state index in [9.17, 15) is 13.2 Å². The molecule has 2 aromatic rings. The van der Waals surface area contributed by atoms with E-state index >= 15 is 0 Å². The van der Waals surface area contributed by atoms with Crippen LogP contribution in [0.1, 0.15) is 17.8 Å². The van der Waals surface area contributed by atoms with Gasteiger partial charge in [0.2, 0.25) is 0 Å². The Hall–Kier alpha value is -2.23. The molecule has 2 atom stereocenters. The largest absolute Gasteiger partial charge is 0.433 e. The van der Waals surface area contributed by atoms with Crippen LogP contribution >= 0.6 is 0 Å². The second-order valence-corrected chi connectivity index (χ2v) is 6.26. The lowest BCUT2D eigenvalue weighted by atomic mass is 9.87. The van der Waals surface area contributed by atoms with Crippen molar-refractivity contribution in [2.24, 2.45) is 7.05 Å². The van der Waals surface area contributed by atoms with E-state index in [1.54, 1.807) is 4.68 Å². The van der Waals surface area contributed by atoms with Crippen molar-refractivity contribution < 1.29 is 13.2 Å². The van der Waals surface area contributed by atoms with Gasteiger partial charge in [-0.1, -0.05) is 5.21 Å². The molecule has 0 radical (unpaired) electrons. The molecule has 3 aliphatic rings. The van der Waals surface area contributed by atoms with Crippen LogP contribution in [0.4, 0.5) is 19.0 Å². The smallest absolute Gasteiger partial charge is 0.353 e. The average Bonchev–Trinajstić information content (AvgIpc) is 2.97. The van der Waals surface area contributed by atoms with E-state index in [0.29, 0.717) is 37.5 Å². The molecule has 3 aliphatic heterocycles. The van der Waals surface area contributed by atoms with Crippen LogP contribution in [0.15, 0.2) is 18.6 Å². The number of nitrogens with zero attached hydrogens (tertiary/aromatic N) is 7. The molecule has 2 aromatic heterocycles. The van der Waals surface area contributed by atoms with Crippen molar-refractivity contribution >= 4 is 5.82 Å². The number of aryl methyl sites for hydroxylation is 1. The molecule has 3 fully saturated rings. The van der Waals surface area contributed by atoms with Gasteiger partial charge in [-0.25, -0.2) is 9.97 Å². The van der Waals surface area contributed by atoms with Gasteiger partial charge in [0, 0.05) is 51.0 Å². The van der Waals surface area contributed by atoms with Crippen molar-refractivity contribution in [1.82, 2.24) is 29.9 Å². The molecule has 128 valence electrons. The van der Waals surface area contributed by atoms with Gasteiger partial charge in [0.1, 0.15) is 17.8 Å². The molecule has 2 bridgehead atoms. The average molecular weight is 339 g/mol. The van der Waals surface area contributed by atoms with E-state index in [4.69, 9.17) is 0 Å². The van der Waals surface area contributed by atoms with Crippen LogP contribution in [-0.2, 0) is 19.8 Å². The summed E-state index contributed by atoms with van der Waals surface area (Å²) in [6, 6.07) is 1.63. The zero-order chi connectivity index (χ0) is 16.9. The minimum absolute atomic E-state index is 0.301. The van der Waals surface area contributed by atoms with Gasteiger partial charge in [0.25, 0.3) is 0 Å². The monoisotopic (exact) mass is 339 g/mol. The Balaban J connectivity index is 1.45. The number of hydrogen-bond donors (Lipinski definition) is 0. The quantitative estimate of drug-likeness (QED) is 0.834. The van der Waals surface area contributed by atoms with Crippen LogP contribution in [-0.4, -0.2) is 55.0 Å². The molecule has 5 rings (SSSR count). The zero-order valence-electron chi connectivity index (χ0n) is 13.0. The van der Waals surface area contributed by atoms with Crippen LogP contribution in [0, 0.1) is 0 Å². The summed E-state index contributed by atoms with van der Waals surface area (Å²) < 4.78 is 40.0. The van der Waals surface area contributed by atoms with E-state index in [0.717, 1.165) is 24.5 Å². The zero-order valence-corrected chi connectivity index (χ0v) is 13.0. The highest BCUT2D eigenvalue weighted by molar-refractivity contribution is 5.42. The predicted octanol–water partition coefficient (Wildman–Crippen LogP) is 1.09. The fourth-order valence-electron chi connectivity index (χ4n) is 3.46. The molecule has 3 saturated heterocycles. The van der Waals surface area contributed by atoms with Crippen molar-refractivity contribution in [2.45, 2.75) is 31.2 Å². The molecular weight excluding hydrogens is 323 g/mol. The number of hydrogen-bond acceptors (Lipinski definition) is 6. The molecule has 10 heteroatoms. The van der Waals surface area contributed by atoms with Crippen molar-refractivity contribution in [1.29, 1.82) is 0 Å². The van der Waals surface area contributed by atoms with Gasteiger partial charge in [0.15, 0.2) is 0 Å². The second kappa shape index (κ2) is 5.40. The molecule has 0 spiro atoms. The minimum atomic E-state index is -4.45. The summed E-state index contributed by atoms with van der Waals surface area (Å²) in [6.07, 6.45) is -0.538. The predicted molar refractivity (Wildman–Crippen MR) is 78.0 cm³/mol. The van der Waals surface area contributed by atoms with Crippen molar-refractivity contribution in [3.63, 3.8) is 0 Å². The molecule has 7 nitrogen and oxygen atoms in total. The maximum Gasteiger partial charge on any atom is 0.433 e. The van der Waals surface area contributed by atoms with Crippen LogP contribution in [0.5, 0.6) is 0 Å². The number of anilines is 1. The van der Waals surface area contributed by atoms with E-state index in [2.05, 4.69) is 25.2 Å². The van der Waals surface area contributed by atoms with Crippen LogP contribution in [0.2, 0.25) is 0 Å². The molecule has 0 N–H and O–H groups in total. The fourth-order valence-corrected chi connectivity index (χ4v) is 3.46. The SMILES string of the molecule is Cn1cc(CN2C3CC2CN(c2cc(C(F)(F)F)ncn2)C3)nn1. The van der Waals surface area contributed by atoms with Gasteiger partial charge in [-0.2, -0.15) is 13.2 Å². The first kappa shape index (κ1) is 15.3. The lowest BCUT2D eigenvalue weighted by Gasteiger charge is -2.56. The summed E-state index contributed by atoms with van der Waals surface area (Å²) in [5.74, 6) is 0.339. The van der Waals surface area contributed by atoms with Crippen LogP contribution in [0.25, 0.3) is 0 Å². The molecule has 0 aliphatic carbocycles.